The van der Waals surface area contributed by atoms with Crippen molar-refractivity contribution in [2.24, 2.45) is 0 Å². The topological polar surface area (TPSA) is 117 Å². The lowest BCUT2D eigenvalue weighted by Crippen LogP contribution is -2.31. The zero-order valence-corrected chi connectivity index (χ0v) is 20.1. The summed E-state index contributed by atoms with van der Waals surface area (Å²) in [5.41, 5.74) is 0.933. The van der Waals surface area contributed by atoms with Crippen LogP contribution < -0.4 is 15.6 Å². The van der Waals surface area contributed by atoms with Gasteiger partial charge >= 0.3 is 5.97 Å². The number of hydrogen-bond acceptors (Lipinski definition) is 7. The molecule has 0 radical (unpaired) electrons. The fourth-order valence-electron chi connectivity index (χ4n) is 3.04. The summed E-state index contributed by atoms with van der Waals surface area (Å²) >= 11 is 1.27. The van der Waals surface area contributed by atoms with Crippen LogP contribution in [-0.4, -0.2) is 44.2 Å². The highest BCUT2D eigenvalue weighted by atomic mass is 32.2. The van der Waals surface area contributed by atoms with Gasteiger partial charge in [0.15, 0.2) is 0 Å². The van der Waals surface area contributed by atoms with Gasteiger partial charge in [-0.25, -0.2) is 4.98 Å². The lowest BCUT2D eigenvalue weighted by molar-refractivity contribution is -0.138. The van der Waals surface area contributed by atoms with Crippen LogP contribution in [0.3, 0.4) is 0 Å². The first kappa shape index (κ1) is 25.5. The number of ether oxygens (including phenoxy) is 1. The molecule has 0 amide bonds. The van der Waals surface area contributed by atoms with E-state index in [0.29, 0.717) is 48.2 Å². The van der Waals surface area contributed by atoms with Crippen LogP contribution in [0.2, 0.25) is 0 Å². The summed E-state index contributed by atoms with van der Waals surface area (Å²) in [6.07, 6.45) is 1.38. The maximum Gasteiger partial charge on any atom is 0.319 e. The van der Waals surface area contributed by atoms with Crippen LogP contribution in [0.15, 0.2) is 34.0 Å². The number of hydrogen-bond donors (Lipinski definition) is 3. The minimum Gasteiger partial charge on any atom is -0.492 e. The van der Waals surface area contributed by atoms with Gasteiger partial charge in [-0.15, -0.1) is 11.8 Å². The Labute approximate surface area is 192 Å². The highest BCUT2D eigenvalue weighted by molar-refractivity contribution is 8.01. The van der Waals surface area contributed by atoms with Gasteiger partial charge in [-0.2, -0.15) is 0 Å². The van der Waals surface area contributed by atoms with Crippen molar-refractivity contribution in [3.63, 3.8) is 0 Å². The fraction of sp³-hybridized carbons (Fsp3) is 0.478. The van der Waals surface area contributed by atoms with Crippen molar-refractivity contribution < 1.29 is 14.6 Å². The van der Waals surface area contributed by atoms with E-state index < -0.39 is 10.7 Å². The van der Waals surface area contributed by atoms with Crippen molar-refractivity contribution in [1.29, 1.82) is 5.41 Å². The molecule has 0 fully saturated rings. The number of thioether (sulfide) groups is 1. The molecule has 0 bridgehead atoms. The molecule has 32 heavy (non-hydrogen) atoms. The normalized spacial score (nSPS) is 11.3. The molecule has 0 aliphatic heterocycles. The average molecular weight is 461 g/mol. The molecule has 1 aromatic carbocycles. The number of aryl methyl sites for hydroxylation is 1. The molecule has 2 rings (SSSR count). The summed E-state index contributed by atoms with van der Waals surface area (Å²) in [6.45, 7) is 10.1. The van der Waals surface area contributed by atoms with E-state index in [4.69, 9.17) is 10.1 Å². The van der Waals surface area contributed by atoms with Crippen molar-refractivity contribution in [2.75, 3.05) is 18.5 Å². The maximum absolute atomic E-state index is 13.0. The molecule has 0 unspecified atom stereocenters. The van der Waals surface area contributed by atoms with Crippen LogP contribution in [0, 0.1) is 12.3 Å². The monoisotopic (exact) mass is 460 g/mol. The molecule has 2 aromatic rings. The third-order valence-electron chi connectivity index (χ3n) is 4.79. The summed E-state index contributed by atoms with van der Waals surface area (Å²) < 4.78 is 6.43. The molecule has 3 N–H and O–H groups in total. The predicted molar refractivity (Wildman–Crippen MR) is 129 cm³/mol. The molecular weight excluding hydrogens is 428 g/mol. The molecule has 0 saturated heterocycles. The molecule has 0 saturated carbocycles. The van der Waals surface area contributed by atoms with Gasteiger partial charge in [-0.1, -0.05) is 13.3 Å². The summed E-state index contributed by atoms with van der Waals surface area (Å²) in [7, 11) is 0. The van der Waals surface area contributed by atoms with Crippen molar-refractivity contribution in [1.82, 2.24) is 9.55 Å². The van der Waals surface area contributed by atoms with Gasteiger partial charge in [-0.3, -0.25) is 14.2 Å². The summed E-state index contributed by atoms with van der Waals surface area (Å²) in [5, 5.41) is 20.6. The number of rotatable bonds is 12. The second-order valence-corrected chi connectivity index (χ2v) is 9.53. The second kappa shape index (κ2) is 11.2. The first-order valence-corrected chi connectivity index (χ1v) is 11.5. The molecule has 0 aliphatic rings. The van der Waals surface area contributed by atoms with Crippen LogP contribution >= 0.6 is 11.8 Å². The zero-order valence-electron chi connectivity index (χ0n) is 19.3. The van der Waals surface area contributed by atoms with E-state index in [1.165, 1.54) is 11.8 Å². The van der Waals surface area contributed by atoms with Crippen LogP contribution in [0.25, 0.3) is 0 Å². The van der Waals surface area contributed by atoms with Gasteiger partial charge in [-0.05, 0) is 58.4 Å². The van der Waals surface area contributed by atoms with Gasteiger partial charge < -0.3 is 20.6 Å². The molecular formula is C23H32N4O4S. The molecule has 0 atom stereocenters. The van der Waals surface area contributed by atoms with Gasteiger partial charge in [0, 0.05) is 11.4 Å². The van der Waals surface area contributed by atoms with Gasteiger partial charge in [0.05, 0.1) is 12.3 Å². The third-order valence-corrected chi connectivity index (χ3v) is 5.99. The van der Waals surface area contributed by atoms with E-state index in [9.17, 15) is 14.7 Å². The number of aliphatic carboxylic acids is 1. The Morgan fingerprint density at radius 1 is 1.28 bits per heavy atom. The Morgan fingerprint density at radius 3 is 2.50 bits per heavy atom. The van der Waals surface area contributed by atoms with Crippen molar-refractivity contribution >= 4 is 29.1 Å². The Morgan fingerprint density at radius 2 is 1.94 bits per heavy atom. The number of aromatic nitrogens is 2. The number of carboxylic acids is 1. The Balaban J connectivity index is 2.11. The number of nitrogens with zero attached hydrogens (tertiary/aromatic N) is 2. The van der Waals surface area contributed by atoms with E-state index >= 15 is 0 Å². The highest BCUT2D eigenvalue weighted by Gasteiger charge is 2.28. The molecule has 1 aromatic heterocycles. The maximum atomic E-state index is 13.0. The number of anilines is 1. The van der Waals surface area contributed by atoms with Crippen LogP contribution in [0.4, 0.5) is 5.69 Å². The summed E-state index contributed by atoms with van der Waals surface area (Å²) in [5.74, 6) is 0.304. The number of carbonyl (C=O) groups is 1. The third kappa shape index (κ3) is 6.35. The van der Waals surface area contributed by atoms with E-state index in [2.05, 4.69) is 10.3 Å². The van der Waals surface area contributed by atoms with Crippen molar-refractivity contribution in [2.45, 2.75) is 63.6 Å². The van der Waals surface area contributed by atoms with E-state index in [0.717, 1.165) is 11.3 Å². The van der Waals surface area contributed by atoms with Crippen LogP contribution in [-0.2, 0) is 11.3 Å². The van der Waals surface area contributed by atoms with Gasteiger partial charge in [0.1, 0.15) is 34.3 Å². The zero-order chi connectivity index (χ0) is 23.9. The van der Waals surface area contributed by atoms with Crippen molar-refractivity contribution in [3.05, 3.63) is 46.1 Å². The smallest absolute Gasteiger partial charge is 0.319 e. The summed E-state index contributed by atoms with van der Waals surface area (Å²) in [6, 6.07) is 7.21. The molecule has 9 heteroatoms. The van der Waals surface area contributed by atoms with Crippen LogP contribution in [0.5, 0.6) is 5.75 Å². The SMILES string of the molecule is CCCC(=N)c1nc(C)n(CCOc2ccc(SC(C)(C)C(=O)O)cc2)c(=O)c1NCC. The Hall–Kier alpha value is -2.81. The van der Waals surface area contributed by atoms with Crippen molar-refractivity contribution in [3.8, 4) is 5.75 Å². The fourth-order valence-corrected chi connectivity index (χ4v) is 3.99. The average Bonchev–Trinajstić information content (AvgIpc) is 2.73. The first-order chi connectivity index (χ1) is 15.1. The lowest BCUT2D eigenvalue weighted by atomic mass is 10.1. The van der Waals surface area contributed by atoms with Gasteiger partial charge in [0.2, 0.25) is 0 Å². The molecule has 8 nitrogen and oxygen atoms in total. The predicted octanol–water partition coefficient (Wildman–Crippen LogP) is 4.19. The minimum absolute atomic E-state index is 0.207. The molecule has 174 valence electrons. The Bertz CT molecular complexity index is 1020. The first-order valence-electron chi connectivity index (χ1n) is 10.7. The quantitative estimate of drug-likeness (QED) is 0.321. The standard InChI is InChI=1S/C23H32N4O4S/c1-6-8-18(24)19-20(25-7-2)21(28)27(15(3)26-19)13-14-31-16-9-11-17(12-10-16)32-23(4,5)22(29)30/h9-12,24-25H,6-8,13-14H2,1-5H3,(H,29,30). The molecule has 0 aliphatic carbocycles. The number of carboxylic acid groups (broad SMARTS) is 1. The largest absolute Gasteiger partial charge is 0.492 e. The van der Waals surface area contributed by atoms with E-state index in [-0.39, 0.29) is 12.2 Å². The lowest BCUT2D eigenvalue weighted by Gasteiger charge is -2.18. The van der Waals surface area contributed by atoms with E-state index in [1.54, 1.807) is 37.5 Å². The summed E-state index contributed by atoms with van der Waals surface area (Å²) in [4.78, 5) is 29.7. The number of nitrogens with one attached hydrogen (secondary N) is 2. The molecule has 0 spiro atoms. The molecule has 1 heterocycles. The Kier molecular flexibility index (Phi) is 8.89. The number of benzene rings is 1. The highest BCUT2D eigenvalue weighted by Crippen LogP contribution is 2.33. The van der Waals surface area contributed by atoms with E-state index in [1.807, 2.05) is 26.0 Å². The second-order valence-electron chi connectivity index (χ2n) is 7.84. The minimum atomic E-state index is -0.919. The van der Waals surface area contributed by atoms with Gasteiger partial charge in [0.25, 0.3) is 5.56 Å². The van der Waals surface area contributed by atoms with Crippen LogP contribution in [0.1, 0.15) is 52.1 Å².